The van der Waals surface area contributed by atoms with Crippen molar-refractivity contribution in [2.45, 2.75) is 0 Å². The Morgan fingerprint density at radius 3 is 2.67 bits per heavy atom. The van der Waals surface area contributed by atoms with Crippen LogP contribution in [0.2, 0.25) is 0 Å². The summed E-state index contributed by atoms with van der Waals surface area (Å²) in [5.41, 5.74) is 9.16. The minimum absolute atomic E-state index is 0.266. The number of nitrogen functional groups attached to an aromatic ring is 1. The Hall–Kier alpha value is -2.43. The van der Waals surface area contributed by atoms with Crippen molar-refractivity contribution in [1.29, 1.82) is 0 Å². The van der Waals surface area contributed by atoms with E-state index in [0.29, 0.717) is 5.69 Å². The molecule has 1 aromatic carbocycles. The number of phenolic OH excluding ortho intramolecular Hbond substituents is 1. The first-order valence-corrected chi connectivity index (χ1v) is 5.65. The second-order valence-corrected chi connectivity index (χ2v) is 4.38. The number of aromatic nitrogens is 3. The molecule has 0 bridgehead atoms. The maximum absolute atomic E-state index is 9.93. The summed E-state index contributed by atoms with van der Waals surface area (Å²) in [4.78, 5) is 0. The van der Waals surface area contributed by atoms with Gasteiger partial charge in [0.15, 0.2) is 0 Å². The molecule has 5 nitrogen and oxygen atoms in total. The highest BCUT2D eigenvalue weighted by Gasteiger charge is 2.15. The molecule has 5 heteroatoms. The van der Waals surface area contributed by atoms with E-state index in [0.717, 1.165) is 22.3 Å². The van der Waals surface area contributed by atoms with Crippen LogP contribution in [0.3, 0.4) is 0 Å². The first-order chi connectivity index (χ1) is 8.59. The maximum atomic E-state index is 9.93. The zero-order chi connectivity index (χ0) is 12.9. The first-order valence-electron chi connectivity index (χ1n) is 5.65. The lowest BCUT2D eigenvalue weighted by Crippen LogP contribution is -2.00. The van der Waals surface area contributed by atoms with E-state index >= 15 is 0 Å². The highest BCUT2D eigenvalue weighted by atomic mass is 16.3. The molecule has 92 valence electrons. The lowest BCUT2D eigenvalue weighted by atomic mass is 10.2. The van der Waals surface area contributed by atoms with Gasteiger partial charge in [0.2, 0.25) is 0 Å². The van der Waals surface area contributed by atoms with Crippen molar-refractivity contribution >= 4 is 16.6 Å². The molecule has 0 radical (unpaired) electrons. The number of hydrogen-bond donors (Lipinski definition) is 2. The summed E-state index contributed by atoms with van der Waals surface area (Å²) in [5.74, 6) is 0.266. The molecule has 0 spiro atoms. The molecule has 0 atom stereocenters. The lowest BCUT2D eigenvalue weighted by molar-refractivity contribution is 0.479. The second kappa shape index (κ2) is 3.53. The Bertz CT molecular complexity index is 719. The van der Waals surface area contributed by atoms with E-state index in [4.69, 9.17) is 5.73 Å². The molecule has 0 unspecified atom stereocenters. The van der Waals surface area contributed by atoms with Crippen molar-refractivity contribution in [3.05, 3.63) is 30.5 Å². The third-order valence-corrected chi connectivity index (χ3v) is 3.24. The molecular weight excluding hydrogens is 228 g/mol. The molecule has 2 aromatic heterocycles. The van der Waals surface area contributed by atoms with Crippen molar-refractivity contribution < 1.29 is 5.11 Å². The smallest absolute Gasteiger partial charge is 0.139 e. The van der Waals surface area contributed by atoms with Crippen LogP contribution in [0, 0.1) is 0 Å². The van der Waals surface area contributed by atoms with Gasteiger partial charge in [-0.3, -0.25) is 4.68 Å². The molecule has 3 N–H and O–H groups in total. The summed E-state index contributed by atoms with van der Waals surface area (Å²) in [5, 5.41) is 15.0. The summed E-state index contributed by atoms with van der Waals surface area (Å²) in [6.07, 6.45) is 1.63. The van der Waals surface area contributed by atoms with E-state index in [1.165, 1.54) is 0 Å². The molecule has 0 amide bonds. The maximum Gasteiger partial charge on any atom is 0.139 e. The average Bonchev–Trinajstić information content (AvgIpc) is 2.82. The van der Waals surface area contributed by atoms with Crippen molar-refractivity contribution in [1.82, 2.24) is 14.3 Å². The third-order valence-electron chi connectivity index (χ3n) is 3.24. The van der Waals surface area contributed by atoms with E-state index in [9.17, 15) is 5.11 Å². The summed E-state index contributed by atoms with van der Waals surface area (Å²) in [6, 6.07) is 7.47. The first kappa shape index (κ1) is 10.7. The summed E-state index contributed by atoms with van der Waals surface area (Å²) >= 11 is 0. The average molecular weight is 242 g/mol. The van der Waals surface area contributed by atoms with Gasteiger partial charge in [-0.15, -0.1) is 0 Å². The van der Waals surface area contributed by atoms with E-state index in [1.807, 2.05) is 36.9 Å². The molecule has 3 aromatic rings. The van der Waals surface area contributed by atoms with Crippen molar-refractivity contribution in [3.63, 3.8) is 0 Å². The fourth-order valence-electron chi connectivity index (χ4n) is 2.39. The van der Waals surface area contributed by atoms with E-state index in [1.54, 1.807) is 16.9 Å². The predicted molar refractivity (Wildman–Crippen MR) is 71.2 cm³/mol. The second-order valence-electron chi connectivity index (χ2n) is 4.38. The number of nitrogens with two attached hydrogens (primary N) is 1. The Balaban J connectivity index is 2.38. The predicted octanol–water partition coefficient (Wildman–Crippen LogP) is 1.87. The molecule has 0 fully saturated rings. The molecule has 2 heterocycles. The van der Waals surface area contributed by atoms with E-state index in [2.05, 4.69) is 5.10 Å². The number of nitrogens with zero attached hydrogens (tertiary/aromatic N) is 3. The lowest BCUT2D eigenvalue weighted by Gasteiger charge is -2.06. The fraction of sp³-hybridized carbons (Fsp3) is 0.154. The number of phenols is 1. The monoisotopic (exact) mass is 242 g/mol. The normalized spacial score (nSPS) is 11.2. The molecule has 0 aliphatic heterocycles. The van der Waals surface area contributed by atoms with E-state index < -0.39 is 0 Å². The van der Waals surface area contributed by atoms with Gasteiger partial charge in [-0.25, -0.2) is 0 Å². The number of fused-ring (bicyclic) bond motifs is 1. The van der Waals surface area contributed by atoms with Gasteiger partial charge in [-0.05, 0) is 12.1 Å². The molecule has 0 saturated carbocycles. The quantitative estimate of drug-likeness (QED) is 0.684. The van der Waals surface area contributed by atoms with Crippen LogP contribution >= 0.6 is 0 Å². The van der Waals surface area contributed by atoms with Crippen molar-refractivity contribution in [2.24, 2.45) is 14.1 Å². The number of aryl methyl sites for hydroxylation is 2. The standard InChI is InChI=1S/C13H14N4O/c1-16-10(13-9(14)7-15-17(13)2)6-8-4-3-5-11(18)12(8)16/h3-7,18H,14H2,1-2H3. The van der Waals surface area contributed by atoms with E-state index in [-0.39, 0.29) is 5.75 Å². The van der Waals surface area contributed by atoms with Crippen LogP contribution in [0.1, 0.15) is 0 Å². The Morgan fingerprint density at radius 1 is 1.28 bits per heavy atom. The van der Waals surface area contributed by atoms with Gasteiger partial charge in [0.05, 0.1) is 23.1 Å². The zero-order valence-corrected chi connectivity index (χ0v) is 10.3. The van der Waals surface area contributed by atoms with Crippen LogP contribution in [0.5, 0.6) is 5.75 Å². The Labute approximate surface area is 104 Å². The number of benzene rings is 1. The number of hydrogen-bond acceptors (Lipinski definition) is 3. The van der Waals surface area contributed by atoms with Gasteiger partial charge in [-0.2, -0.15) is 5.10 Å². The van der Waals surface area contributed by atoms with Crippen LogP contribution in [0.15, 0.2) is 30.5 Å². The summed E-state index contributed by atoms with van der Waals surface area (Å²) in [6.45, 7) is 0. The highest BCUT2D eigenvalue weighted by molar-refractivity contribution is 5.92. The van der Waals surface area contributed by atoms with Gasteiger partial charge >= 0.3 is 0 Å². The topological polar surface area (TPSA) is 69.0 Å². The van der Waals surface area contributed by atoms with Crippen molar-refractivity contribution in [2.75, 3.05) is 5.73 Å². The molecular formula is C13H14N4O. The molecule has 3 rings (SSSR count). The highest BCUT2D eigenvalue weighted by Crippen LogP contribution is 2.33. The largest absolute Gasteiger partial charge is 0.506 e. The number of anilines is 1. The van der Waals surface area contributed by atoms with Gasteiger partial charge in [0.1, 0.15) is 11.4 Å². The fourth-order valence-corrected chi connectivity index (χ4v) is 2.39. The Kier molecular flexibility index (Phi) is 2.10. The molecule has 18 heavy (non-hydrogen) atoms. The molecule has 0 saturated heterocycles. The summed E-state index contributed by atoms with van der Waals surface area (Å²) < 4.78 is 3.67. The number of rotatable bonds is 1. The van der Waals surface area contributed by atoms with Crippen LogP contribution < -0.4 is 5.73 Å². The van der Waals surface area contributed by atoms with Gasteiger partial charge in [0, 0.05) is 19.5 Å². The number of para-hydroxylation sites is 1. The minimum atomic E-state index is 0.266. The Morgan fingerprint density at radius 2 is 2.06 bits per heavy atom. The van der Waals surface area contributed by atoms with Gasteiger partial charge in [-0.1, -0.05) is 12.1 Å². The summed E-state index contributed by atoms with van der Waals surface area (Å²) in [7, 11) is 3.76. The third kappa shape index (κ3) is 1.30. The molecule has 0 aliphatic rings. The zero-order valence-electron chi connectivity index (χ0n) is 10.3. The SMILES string of the molecule is Cn1ncc(N)c1-c1cc2cccc(O)c2n1C. The minimum Gasteiger partial charge on any atom is -0.506 e. The van der Waals surface area contributed by atoms with Gasteiger partial charge in [0.25, 0.3) is 0 Å². The van der Waals surface area contributed by atoms with Crippen LogP contribution in [-0.2, 0) is 14.1 Å². The molecule has 0 aliphatic carbocycles. The van der Waals surface area contributed by atoms with Gasteiger partial charge < -0.3 is 15.4 Å². The number of aromatic hydroxyl groups is 1. The van der Waals surface area contributed by atoms with Crippen LogP contribution in [0.4, 0.5) is 5.69 Å². The van der Waals surface area contributed by atoms with Crippen molar-refractivity contribution in [3.8, 4) is 17.1 Å². The van der Waals surface area contributed by atoms with Crippen LogP contribution in [0.25, 0.3) is 22.3 Å². The van der Waals surface area contributed by atoms with Crippen LogP contribution in [-0.4, -0.2) is 19.5 Å².